The number of methoxy groups -OCH3 is 1. The van der Waals surface area contributed by atoms with Crippen molar-refractivity contribution in [2.75, 3.05) is 26.1 Å². The van der Waals surface area contributed by atoms with Gasteiger partial charge in [-0.15, -0.1) is 11.3 Å². The Kier molecular flexibility index (Phi) is 8.21. The molecule has 0 radical (unpaired) electrons. The first-order valence-corrected chi connectivity index (χ1v) is 14.3. The number of hydrogen-bond donors (Lipinski definition) is 1. The molecule has 0 bridgehead atoms. The predicted octanol–water partition coefficient (Wildman–Crippen LogP) is 5.55. The summed E-state index contributed by atoms with van der Waals surface area (Å²) in [6.07, 6.45) is 5.33. The van der Waals surface area contributed by atoms with Crippen LogP contribution in [0.2, 0.25) is 0 Å². The van der Waals surface area contributed by atoms with Crippen molar-refractivity contribution >= 4 is 28.3 Å². The van der Waals surface area contributed by atoms with Gasteiger partial charge in [0.1, 0.15) is 11.3 Å². The Morgan fingerprint density at radius 2 is 1.95 bits per heavy atom. The van der Waals surface area contributed by atoms with Crippen LogP contribution in [0.4, 0.5) is 5.13 Å². The van der Waals surface area contributed by atoms with Gasteiger partial charge in [0.25, 0.3) is 5.91 Å². The third kappa shape index (κ3) is 5.41. The lowest BCUT2D eigenvalue weighted by Gasteiger charge is -2.39. The van der Waals surface area contributed by atoms with Crippen LogP contribution in [0.15, 0.2) is 42.2 Å². The number of aromatic nitrogens is 3. The second kappa shape index (κ2) is 11.2. The van der Waals surface area contributed by atoms with E-state index in [0.717, 1.165) is 10.7 Å². The maximum atomic E-state index is 14.6. The number of amides is 1. The number of rotatable bonds is 8. The summed E-state index contributed by atoms with van der Waals surface area (Å²) in [5, 5.41) is 13.6. The maximum Gasteiger partial charge on any atom is 0.329 e. The van der Waals surface area contributed by atoms with Gasteiger partial charge in [-0.25, -0.2) is 9.78 Å². The Bertz CT molecular complexity index is 1370. The Morgan fingerprint density at radius 3 is 2.48 bits per heavy atom. The number of carbonyl (C=O) groups is 2. The van der Waals surface area contributed by atoms with Gasteiger partial charge in [-0.3, -0.25) is 14.8 Å². The van der Waals surface area contributed by atoms with E-state index < -0.39 is 23.5 Å². The summed E-state index contributed by atoms with van der Waals surface area (Å²) in [7, 11) is 5.40. The average Bonchev–Trinajstić information content (AvgIpc) is 3.51. The molecule has 214 valence electrons. The minimum Gasteiger partial charge on any atom is -0.496 e. The molecule has 1 fully saturated rings. The quantitative estimate of drug-likeness (QED) is 0.379. The molecule has 1 aliphatic heterocycles. The molecule has 40 heavy (non-hydrogen) atoms. The van der Waals surface area contributed by atoms with Crippen molar-refractivity contribution in [3.8, 4) is 5.75 Å². The molecule has 0 spiro atoms. The summed E-state index contributed by atoms with van der Waals surface area (Å²) in [6, 6.07) is 4.74. The van der Waals surface area contributed by atoms with Crippen LogP contribution in [-0.2, 0) is 10.2 Å². The van der Waals surface area contributed by atoms with Crippen LogP contribution in [-0.4, -0.2) is 63.6 Å². The van der Waals surface area contributed by atoms with E-state index in [2.05, 4.69) is 30.7 Å². The normalized spacial score (nSPS) is 21.1. The Labute approximate surface area is 240 Å². The van der Waals surface area contributed by atoms with Gasteiger partial charge in [-0.05, 0) is 41.9 Å². The first kappa shape index (κ1) is 29.5. The van der Waals surface area contributed by atoms with Gasteiger partial charge in [0.15, 0.2) is 5.13 Å². The number of thiazole rings is 1. The van der Waals surface area contributed by atoms with Gasteiger partial charge in [0, 0.05) is 49.5 Å². The monoisotopic (exact) mass is 565 g/mol. The summed E-state index contributed by atoms with van der Waals surface area (Å²) in [5.74, 6) is -1.23. The van der Waals surface area contributed by atoms with Crippen LogP contribution in [0.1, 0.15) is 86.7 Å². The van der Waals surface area contributed by atoms with E-state index in [1.54, 1.807) is 42.7 Å². The van der Waals surface area contributed by atoms with Crippen molar-refractivity contribution in [3.05, 3.63) is 64.7 Å². The molecule has 4 rings (SSSR count). The van der Waals surface area contributed by atoms with E-state index >= 15 is 0 Å². The number of ether oxygens (including phenoxy) is 1. The zero-order valence-electron chi connectivity index (χ0n) is 24.5. The second-order valence-electron chi connectivity index (χ2n) is 12.1. The molecule has 3 atom stereocenters. The predicted molar refractivity (Wildman–Crippen MR) is 156 cm³/mol. The van der Waals surface area contributed by atoms with E-state index in [1.807, 2.05) is 44.3 Å². The fourth-order valence-electron chi connectivity index (χ4n) is 5.78. The van der Waals surface area contributed by atoms with Gasteiger partial charge >= 0.3 is 5.97 Å². The molecule has 0 saturated carbocycles. The Hall–Kier alpha value is -3.53. The molecule has 3 heterocycles. The van der Waals surface area contributed by atoms with Crippen LogP contribution in [0, 0.1) is 5.92 Å². The topological polar surface area (TPSA) is 109 Å². The number of anilines is 1. The van der Waals surface area contributed by atoms with Gasteiger partial charge in [-0.2, -0.15) is 0 Å². The smallest absolute Gasteiger partial charge is 0.329 e. The fourth-order valence-corrected chi connectivity index (χ4v) is 6.57. The Balaban J connectivity index is 1.96. The lowest BCUT2D eigenvalue weighted by molar-refractivity contribution is -0.150. The molecule has 0 unspecified atom stereocenters. The Morgan fingerprint density at radius 1 is 1.23 bits per heavy atom. The number of carbonyl (C=O) groups excluding carboxylic acids is 1. The van der Waals surface area contributed by atoms with Crippen molar-refractivity contribution in [2.45, 2.75) is 70.4 Å². The molecule has 1 aliphatic rings. The van der Waals surface area contributed by atoms with E-state index in [9.17, 15) is 14.7 Å². The molecule has 1 amide bonds. The summed E-state index contributed by atoms with van der Waals surface area (Å²) < 4.78 is 5.70. The van der Waals surface area contributed by atoms with Gasteiger partial charge in [0.05, 0.1) is 24.5 Å². The molecule has 2 aromatic heterocycles. The first-order valence-electron chi connectivity index (χ1n) is 13.4. The summed E-state index contributed by atoms with van der Waals surface area (Å²) in [4.78, 5) is 45.1. The molecule has 0 aliphatic carbocycles. The number of benzene rings is 1. The fraction of sp³-hybridized carbons (Fsp3) is 0.500. The third-order valence-electron chi connectivity index (χ3n) is 7.46. The highest BCUT2D eigenvalue weighted by Crippen LogP contribution is 2.54. The number of aliphatic carboxylic acids is 1. The van der Waals surface area contributed by atoms with E-state index in [1.165, 1.54) is 11.3 Å². The number of carboxylic acid groups (broad SMARTS) is 1. The lowest BCUT2D eigenvalue weighted by atomic mass is 9.82. The molecule has 1 saturated heterocycles. The molecule has 1 aromatic carbocycles. The highest BCUT2D eigenvalue weighted by molar-refractivity contribution is 7.13. The minimum atomic E-state index is -1.48. The molecule has 1 N–H and O–H groups in total. The molecular formula is C30H39N5O4S. The number of hydrogen-bond acceptors (Lipinski definition) is 8. The lowest BCUT2D eigenvalue weighted by Crippen LogP contribution is -2.54. The SMILES string of the molecule is COc1cc(C(=O)N2[C@@H](c3csc(N(C)C)n3)[C@@H](c3cnccn3)C[C@@]2(CC(C)C)C(=O)O)ccc1C(C)(C)C. The summed E-state index contributed by atoms with van der Waals surface area (Å²) >= 11 is 1.46. The highest BCUT2D eigenvalue weighted by Gasteiger charge is 2.60. The van der Waals surface area contributed by atoms with Crippen molar-refractivity contribution in [3.63, 3.8) is 0 Å². The van der Waals surface area contributed by atoms with E-state index in [-0.39, 0.29) is 30.1 Å². The van der Waals surface area contributed by atoms with Gasteiger partial charge < -0.3 is 19.6 Å². The second-order valence-corrected chi connectivity index (χ2v) is 12.9. The van der Waals surface area contributed by atoms with Gasteiger partial charge in [0.2, 0.25) is 0 Å². The third-order valence-corrected chi connectivity index (χ3v) is 8.48. The first-order chi connectivity index (χ1) is 18.8. The number of carboxylic acids is 1. The standard InChI is InChI=1S/C30H39N5O4S/c1-18(2)14-30(27(37)38)15-20(22-16-31-11-12-32-22)25(23-17-40-28(33-23)34(6)7)35(30)26(36)19-9-10-21(29(3,4)5)24(13-19)39-8/h9-13,16-18,20,25H,14-15H2,1-8H3,(H,37,38)/t20-,25-,30+/m1/s1. The number of likely N-dealkylation sites (tertiary alicyclic amines) is 1. The molecule has 10 heteroatoms. The maximum absolute atomic E-state index is 14.6. The van der Waals surface area contributed by atoms with Crippen molar-refractivity contribution in [1.82, 2.24) is 19.9 Å². The largest absolute Gasteiger partial charge is 0.496 e. The molecule has 9 nitrogen and oxygen atoms in total. The van der Waals surface area contributed by atoms with E-state index in [4.69, 9.17) is 9.72 Å². The molecule has 3 aromatic rings. The minimum absolute atomic E-state index is 0.0123. The van der Waals surface area contributed by atoms with Crippen molar-refractivity contribution < 1.29 is 19.4 Å². The van der Waals surface area contributed by atoms with E-state index in [0.29, 0.717) is 22.7 Å². The van der Waals surface area contributed by atoms with Crippen LogP contribution < -0.4 is 9.64 Å². The van der Waals surface area contributed by atoms with Crippen molar-refractivity contribution in [2.24, 2.45) is 5.92 Å². The van der Waals surface area contributed by atoms with Crippen LogP contribution in [0.25, 0.3) is 0 Å². The van der Waals surface area contributed by atoms with Crippen LogP contribution >= 0.6 is 11.3 Å². The zero-order chi connectivity index (χ0) is 29.4. The summed E-state index contributed by atoms with van der Waals surface area (Å²) in [5.41, 5.74) is 0.929. The number of nitrogens with zero attached hydrogens (tertiary/aromatic N) is 5. The molecular weight excluding hydrogens is 526 g/mol. The van der Waals surface area contributed by atoms with Gasteiger partial charge in [-0.1, -0.05) is 40.7 Å². The zero-order valence-corrected chi connectivity index (χ0v) is 25.3. The average molecular weight is 566 g/mol. The van der Waals surface area contributed by atoms with Crippen LogP contribution in [0.3, 0.4) is 0 Å². The van der Waals surface area contributed by atoms with Crippen molar-refractivity contribution in [1.29, 1.82) is 0 Å². The highest BCUT2D eigenvalue weighted by atomic mass is 32.1. The van der Waals surface area contributed by atoms with Crippen LogP contribution in [0.5, 0.6) is 5.75 Å². The summed E-state index contributed by atoms with van der Waals surface area (Å²) in [6.45, 7) is 10.2.